The number of fused-ring (bicyclic) bond motifs is 1. The maximum Gasteiger partial charge on any atom is 0.255 e. The van der Waals surface area contributed by atoms with Crippen molar-refractivity contribution >= 4 is 46.4 Å². The van der Waals surface area contributed by atoms with Crippen molar-refractivity contribution in [1.82, 2.24) is 4.90 Å². The molecule has 5 rings (SSSR count). The van der Waals surface area contributed by atoms with E-state index in [0.717, 1.165) is 16.8 Å². The third kappa shape index (κ3) is 4.49. The van der Waals surface area contributed by atoms with Crippen LogP contribution in [0.4, 0.5) is 11.4 Å². The summed E-state index contributed by atoms with van der Waals surface area (Å²) in [7, 11) is 0. The fourth-order valence-corrected chi connectivity index (χ4v) is 5.45. The predicted octanol–water partition coefficient (Wildman–Crippen LogP) is 4.48. The second-order valence-corrected chi connectivity index (χ2v) is 9.89. The van der Waals surface area contributed by atoms with Crippen molar-refractivity contribution in [2.75, 3.05) is 29.9 Å². The molecule has 3 aromatic rings. The van der Waals surface area contributed by atoms with Crippen LogP contribution in [0.3, 0.4) is 0 Å². The van der Waals surface area contributed by atoms with Crippen LogP contribution >= 0.6 is 23.2 Å². The predicted molar refractivity (Wildman–Crippen MR) is 138 cm³/mol. The van der Waals surface area contributed by atoms with Crippen LogP contribution in [0.5, 0.6) is 0 Å². The van der Waals surface area contributed by atoms with Crippen molar-refractivity contribution in [3.8, 4) is 0 Å². The average Bonchev–Trinajstić information content (AvgIpc) is 3.39. The number of nitrogens with zero attached hydrogens (tertiary/aromatic N) is 2. The van der Waals surface area contributed by atoms with E-state index in [2.05, 4.69) is 5.32 Å². The summed E-state index contributed by atoms with van der Waals surface area (Å²) in [5.41, 5.74) is 1.74. The number of carbonyl (C=O) groups is 2. The number of hydrogen-bond acceptors (Lipinski definition) is 4. The number of likely N-dealkylation sites (tertiary alicyclic amines) is 1. The van der Waals surface area contributed by atoms with Gasteiger partial charge in [0, 0.05) is 46.5 Å². The van der Waals surface area contributed by atoms with Crippen molar-refractivity contribution in [2.24, 2.45) is 0 Å². The number of halogens is 2. The van der Waals surface area contributed by atoms with E-state index >= 15 is 0 Å². The molecular weight excluding hydrogens is 485 g/mol. The average molecular weight is 510 g/mol. The zero-order valence-corrected chi connectivity index (χ0v) is 20.5. The maximum absolute atomic E-state index is 13.9. The van der Waals surface area contributed by atoms with Gasteiger partial charge in [0.05, 0.1) is 12.6 Å². The minimum absolute atomic E-state index is 0.0349. The Labute approximate surface area is 214 Å². The summed E-state index contributed by atoms with van der Waals surface area (Å²) >= 11 is 12.6. The lowest BCUT2D eigenvalue weighted by atomic mass is 9.82. The summed E-state index contributed by atoms with van der Waals surface area (Å²) in [4.78, 5) is 30.9. The van der Waals surface area contributed by atoms with E-state index in [1.165, 1.54) is 0 Å². The van der Waals surface area contributed by atoms with E-state index in [1.54, 1.807) is 23.1 Å². The Balaban J connectivity index is 1.66. The molecule has 2 aliphatic heterocycles. The van der Waals surface area contributed by atoms with Crippen LogP contribution in [0.1, 0.15) is 17.5 Å². The lowest BCUT2D eigenvalue weighted by Gasteiger charge is -2.42. The van der Waals surface area contributed by atoms with Gasteiger partial charge in [0.15, 0.2) is 5.54 Å². The standard InChI is InChI=1S/C27H25Cl2N3O3/c28-19-6-4-5-18(13-19)15-27(23-10-9-20(29)14-24(23)30-26(27)35)32(21-7-2-1-3-8-21)17-25(34)31-12-11-22(33)16-31/h1-10,13-14,22,33H,11-12,15-17H2,(H,30,35). The fraction of sp³-hybridized carbons (Fsp3) is 0.259. The van der Waals surface area contributed by atoms with E-state index in [-0.39, 0.29) is 18.4 Å². The molecule has 35 heavy (non-hydrogen) atoms. The van der Waals surface area contributed by atoms with Gasteiger partial charge in [-0.3, -0.25) is 9.59 Å². The number of hydrogen-bond donors (Lipinski definition) is 2. The van der Waals surface area contributed by atoms with Crippen LogP contribution in [-0.4, -0.2) is 47.6 Å². The quantitative estimate of drug-likeness (QED) is 0.513. The fourth-order valence-electron chi connectivity index (χ4n) is 5.07. The molecule has 2 aliphatic rings. The van der Waals surface area contributed by atoms with Crippen LogP contribution in [0, 0.1) is 0 Å². The van der Waals surface area contributed by atoms with Gasteiger partial charge in [0.2, 0.25) is 5.91 Å². The Morgan fingerprint density at radius 3 is 2.54 bits per heavy atom. The number of aliphatic hydroxyl groups excluding tert-OH is 1. The molecule has 0 aliphatic carbocycles. The van der Waals surface area contributed by atoms with Gasteiger partial charge in [-0.05, 0) is 48.4 Å². The zero-order chi connectivity index (χ0) is 24.6. The monoisotopic (exact) mass is 509 g/mol. The molecule has 8 heteroatoms. The van der Waals surface area contributed by atoms with Gasteiger partial charge in [-0.25, -0.2) is 0 Å². The Morgan fingerprint density at radius 1 is 1.06 bits per heavy atom. The summed E-state index contributed by atoms with van der Waals surface area (Å²) in [5.74, 6) is -0.390. The van der Waals surface area contributed by atoms with Crippen LogP contribution < -0.4 is 10.2 Å². The van der Waals surface area contributed by atoms with Gasteiger partial charge in [-0.2, -0.15) is 0 Å². The molecule has 6 nitrogen and oxygen atoms in total. The number of β-amino-alcohol motifs (C(OH)–C–C–N with tert-alkyl or cyclic N) is 1. The second kappa shape index (κ2) is 9.53. The van der Waals surface area contributed by atoms with Crippen molar-refractivity contribution < 1.29 is 14.7 Å². The molecule has 0 radical (unpaired) electrons. The van der Waals surface area contributed by atoms with Crippen molar-refractivity contribution in [3.05, 3.63) is 94.0 Å². The lowest BCUT2D eigenvalue weighted by Crippen LogP contribution is -2.56. The molecule has 180 valence electrons. The topological polar surface area (TPSA) is 72.9 Å². The number of amides is 2. The highest BCUT2D eigenvalue weighted by Gasteiger charge is 2.52. The molecule has 0 aromatic heterocycles. The van der Waals surface area contributed by atoms with Gasteiger partial charge in [-0.1, -0.05) is 59.6 Å². The summed E-state index contributed by atoms with van der Waals surface area (Å²) in [6, 6.07) is 22.2. The number of carbonyl (C=O) groups excluding carboxylic acids is 2. The smallest absolute Gasteiger partial charge is 0.255 e. The highest BCUT2D eigenvalue weighted by Crippen LogP contribution is 2.46. The SMILES string of the molecule is O=C(CN(c1ccccc1)C1(Cc2cccc(Cl)c2)C(=O)Nc2cc(Cl)ccc21)N1CCC(O)C1. The summed E-state index contributed by atoms with van der Waals surface area (Å²) in [6.07, 6.45) is 0.313. The van der Waals surface area contributed by atoms with Crippen LogP contribution in [0.2, 0.25) is 10.0 Å². The molecule has 2 N–H and O–H groups in total. The van der Waals surface area contributed by atoms with E-state index in [1.807, 2.05) is 59.5 Å². The molecule has 0 spiro atoms. The summed E-state index contributed by atoms with van der Waals surface area (Å²) in [6.45, 7) is 0.746. The molecule has 1 fully saturated rings. The van der Waals surface area contributed by atoms with Gasteiger partial charge in [0.1, 0.15) is 0 Å². The molecule has 2 heterocycles. The van der Waals surface area contributed by atoms with Gasteiger partial charge in [-0.15, -0.1) is 0 Å². The van der Waals surface area contributed by atoms with Crippen molar-refractivity contribution in [2.45, 2.75) is 24.5 Å². The second-order valence-electron chi connectivity index (χ2n) is 9.01. The molecule has 2 atom stereocenters. The first kappa shape index (κ1) is 23.7. The minimum atomic E-state index is -1.22. The van der Waals surface area contributed by atoms with E-state index in [4.69, 9.17) is 23.2 Å². The Hall–Kier alpha value is -3.06. The van der Waals surface area contributed by atoms with E-state index in [0.29, 0.717) is 41.7 Å². The first-order chi connectivity index (χ1) is 16.9. The van der Waals surface area contributed by atoms with Crippen molar-refractivity contribution in [3.63, 3.8) is 0 Å². The van der Waals surface area contributed by atoms with Crippen LogP contribution in [-0.2, 0) is 21.5 Å². The molecule has 2 amide bonds. The Kier molecular flexibility index (Phi) is 6.45. The van der Waals surface area contributed by atoms with E-state index < -0.39 is 11.6 Å². The Morgan fingerprint density at radius 2 is 1.83 bits per heavy atom. The number of aliphatic hydroxyl groups is 1. The third-order valence-corrected chi connectivity index (χ3v) is 7.21. The molecule has 2 unspecified atom stereocenters. The summed E-state index contributed by atoms with van der Waals surface area (Å²) < 4.78 is 0. The normalized spacial score (nSPS) is 21.1. The minimum Gasteiger partial charge on any atom is -0.391 e. The highest BCUT2D eigenvalue weighted by molar-refractivity contribution is 6.31. The first-order valence-electron chi connectivity index (χ1n) is 11.5. The van der Waals surface area contributed by atoms with Gasteiger partial charge >= 0.3 is 0 Å². The number of rotatable bonds is 6. The van der Waals surface area contributed by atoms with Crippen LogP contribution in [0.25, 0.3) is 0 Å². The molecule has 0 saturated carbocycles. The molecular formula is C27H25Cl2N3O3. The number of benzene rings is 3. The van der Waals surface area contributed by atoms with Gasteiger partial charge in [0.25, 0.3) is 5.91 Å². The Bertz CT molecular complexity index is 1270. The molecule has 1 saturated heterocycles. The van der Waals surface area contributed by atoms with E-state index in [9.17, 15) is 14.7 Å². The largest absolute Gasteiger partial charge is 0.391 e. The summed E-state index contributed by atoms with van der Waals surface area (Å²) in [5, 5.41) is 14.1. The molecule has 0 bridgehead atoms. The molecule has 3 aromatic carbocycles. The maximum atomic E-state index is 13.9. The number of anilines is 2. The number of para-hydroxylation sites is 1. The van der Waals surface area contributed by atoms with Crippen molar-refractivity contribution in [1.29, 1.82) is 0 Å². The lowest BCUT2D eigenvalue weighted by molar-refractivity contribution is -0.129. The highest BCUT2D eigenvalue weighted by atomic mass is 35.5. The third-order valence-electron chi connectivity index (χ3n) is 6.74. The zero-order valence-electron chi connectivity index (χ0n) is 19.0. The van der Waals surface area contributed by atoms with Gasteiger partial charge < -0.3 is 20.2 Å². The first-order valence-corrected chi connectivity index (χ1v) is 12.3. The van der Waals surface area contributed by atoms with Crippen LogP contribution in [0.15, 0.2) is 72.8 Å². The number of nitrogens with one attached hydrogen (secondary N) is 1.